The highest BCUT2D eigenvalue weighted by atomic mass is 35.5. The van der Waals surface area contributed by atoms with Gasteiger partial charge < -0.3 is 9.80 Å². The average molecular weight is 469 g/mol. The van der Waals surface area contributed by atoms with Crippen molar-refractivity contribution >= 4 is 23.2 Å². The number of piperidine rings is 2. The molecule has 6 nitrogen and oxygen atoms in total. The number of anilines is 1. The molecule has 1 aromatic heterocycles. The topological polar surface area (TPSA) is 58.4 Å². The lowest BCUT2D eigenvalue weighted by molar-refractivity contribution is -0.138. The SMILES string of the molecule is O=C(C1CCN(c2cnn(-c3cccc(C(F)(F)F)c3)c(=O)c2Cl)CC1)N1CCCCC1. The molecule has 0 unspecified atom stereocenters. The number of hydrogen-bond acceptors (Lipinski definition) is 4. The van der Waals surface area contributed by atoms with Crippen molar-refractivity contribution < 1.29 is 18.0 Å². The van der Waals surface area contributed by atoms with Gasteiger partial charge in [-0.25, -0.2) is 0 Å². The second-order valence-electron chi connectivity index (χ2n) is 8.26. The first-order valence-corrected chi connectivity index (χ1v) is 11.1. The van der Waals surface area contributed by atoms with E-state index in [9.17, 15) is 22.8 Å². The number of carbonyl (C=O) groups excluding carboxylic acids is 1. The maximum atomic E-state index is 13.0. The van der Waals surface area contributed by atoms with Gasteiger partial charge >= 0.3 is 6.18 Å². The number of alkyl halides is 3. The fourth-order valence-corrected chi connectivity index (χ4v) is 4.63. The number of amides is 1. The molecule has 2 aromatic rings. The van der Waals surface area contributed by atoms with Gasteiger partial charge in [-0.05, 0) is 50.3 Å². The van der Waals surface area contributed by atoms with E-state index in [-0.39, 0.29) is 22.5 Å². The van der Waals surface area contributed by atoms with Crippen LogP contribution in [0.15, 0.2) is 35.3 Å². The third-order valence-corrected chi connectivity index (χ3v) is 6.53. The summed E-state index contributed by atoms with van der Waals surface area (Å²) in [7, 11) is 0. The van der Waals surface area contributed by atoms with Crippen LogP contribution in [0.2, 0.25) is 5.02 Å². The Hall–Kier alpha value is -2.55. The molecule has 2 fully saturated rings. The van der Waals surface area contributed by atoms with Gasteiger partial charge in [0.2, 0.25) is 5.91 Å². The maximum absolute atomic E-state index is 13.0. The van der Waals surface area contributed by atoms with E-state index in [1.54, 1.807) is 0 Å². The first kappa shape index (κ1) is 22.6. The predicted molar refractivity (Wildman–Crippen MR) is 115 cm³/mol. The van der Waals surface area contributed by atoms with Gasteiger partial charge in [0.1, 0.15) is 5.02 Å². The molecule has 0 bridgehead atoms. The van der Waals surface area contributed by atoms with Crippen LogP contribution in [0.25, 0.3) is 5.69 Å². The first-order valence-electron chi connectivity index (χ1n) is 10.7. The number of nitrogens with zero attached hydrogens (tertiary/aromatic N) is 4. The van der Waals surface area contributed by atoms with Gasteiger partial charge in [0.15, 0.2) is 0 Å². The van der Waals surface area contributed by atoms with Crippen molar-refractivity contribution in [3.63, 3.8) is 0 Å². The van der Waals surface area contributed by atoms with Crippen LogP contribution in [0, 0.1) is 5.92 Å². The van der Waals surface area contributed by atoms with Crippen molar-refractivity contribution in [3.05, 3.63) is 51.4 Å². The zero-order valence-electron chi connectivity index (χ0n) is 17.4. The highest BCUT2D eigenvalue weighted by Crippen LogP contribution is 2.31. The molecule has 2 saturated heterocycles. The van der Waals surface area contributed by atoms with Gasteiger partial charge in [-0.15, -0.1) is 0 Å². The van der Waals surface area contributed by atoms with Crippen molar-refractivity contribution in [2.75, 3.05) is 31.1 Å². The Morgan fingerprint density at radius 2 is 1.75 bits per heavy atom. The molecule has 0 spiro atoms. The Bertz CT molecular complexity index is 1040. The average Bonchev–Trinajstić information content (AvgIpc) is 2.80. The molecule has 172 valence electrons. The summed E-state index contributed by atoms with van der Waals surface area (Å²) in [6, 6.07) is 4.39. The molecule has 0 radical (unpaired) electrons. The largest absolute Gasteiger partial charge is 0.416 e. The third kappa shape index (κ3) is 4.62. The van der Waals surface area contributed by atoms with E-state index in [2.05, 4.69) is 5.10 Å². The number of benzene rings is 1. The zero-order chi connectivity index (χ0) is 22.9. The molecule has 0 atom stereocenters. The molecule has 3 heterocycles. The molecule has 1 aromatic carbocycles. The number of halogens is 4. The minimum atomic E-state index is -4.53. The Labute approximate surface area is 188 Å². The Kier molecular flexibility index (Phi) is 6.46. The first-order chi connectivity index (χ1) is 15.3. The van der Waals surface area contributed by atoms with Crippen LogP contribution in [0.5, 0.6) is 0 Å². The van der Waals surface area contributed by atoms with E-state index in [4.69, 9.17) is 11.6 Å². The Balaban J connectivity index is 1.49. The van der Waals surface area contributed by atoms with Crippen LogP contribution in [0.3, 0.4) is 0 Å². The molecule has 2 aliphatic rings. The molecular weight excluding hydrogens is 445 g/mol. The quantitative estimate of drug-likeness (QED) is 0.679. The van der Waals surface area contributed by atoms with Crippen molar-refractivity contribution in [1.29, 1.82) is 0 Å². The normalized spacial score (nSPS) is 18.1. The van der Waals surface area contributed by atoms with E-state index in [0.29, 0.717) is 31.6 Å². The minimum Gasteiger partial charge on any atom is -0.369 e. The van der Waals surface area contributed by atoms with Gasteiger partial charge in [-0.3, -0.25) is 9.59 Å². The van der Waals surface area contributed by atoms with Crippen molar-refractivity contribution in [1.82, 2.24) is 14.7 Å². The summed E-state index contributed by atoms with van der Waals surface area (Å²) in [5.74, 6) is 0.162. The van der Waals surface area contributed by atoms with Gasteiger partial charge in [0.05, 0.1) is 23.1 Å². The van der Waals surface area contributed by atoms with Gasteiger partial charge in [0, 0.05) is 32.1 Å². The van der Waals surface area contributed by atoms with Gasteiger partial charge in [-0.1, -0.05) is 17.7 Å². The Morgan fingerprint density at radius 1 is 1.06 bits per heavy atom. The standard InChI is InChI=1S/C22H24ClF3N4O2/c23-19-18(28-11-7-15(8-12-28)20(31)29-9-2-1-3-10-29)14-27-30(21(19)32)17-6-4-5-16(13-17)22(24,25)26/h4-6,13-15H,1-3,7-12H2. The van der Waals surface area contributed by atoms with Gasteiger partial charge in [-0.2, -0.15) is 23.0 Å². The summed E-state index contributed by atoms with van der Waals surface area (Å²) in [5, 5.41) is 3.97. The summed E-state index contributed by atoms with van der Waals surface area (Å²) in [6.45, 7) is 2.75. The smallest absolute Gasteiger partial charge is 0.369 e. The van der Waals surface area contributed by atoms with Crippen LogP contribution >= 0.6 is 11.6 Å². The molecule has 4 rings (SSSR count). The highest BCUT2D eigenvalue weighted by Gasteiger charge is 2.32. The molecular formula is C22H24ClF3N4O2. The van der Waals surface area contributed by atoms with E-state index in [1.165, 1.54) is 24.8 Å². The molecule has 10 heteroatoms. The van der Waals surface area contributed by atoms with Crippen LogP contribution in [-0.4, -0.2) is 46.8 Å². The van der Waals surface area contributed by atoms with Gasteiger partial charge in [0.25, 0.3) is 5.56 Å². The lowest BCUT2D eigenvalue weighted by Crippen LogP contribution is -2.44. The number of hydrogen-bond donors (Lipinski definition) is 0. The summed E-state index contributed by atoms with van der Waals surface area (Å²) < 4.78 is 39.9. The summed E-state index contributed by atoms with van der Waals surface area (Å²) in [6.07, 6.45) is 1.45. The lowest BCUT2D eigenvalue weighted by atomic mass is 9.94. The van der Waals surface area contributed by atoms with Crippen LogP contribution in [0.1, 0.15) is 37.7 Å². The van der Waals surface area contributed by atoms with E-state index < -0.39 is 17.3 Å². The van der Waals surface area contributed by atoms with E-state index in [1.807, 2.05) is 9.80 Å². The van der Waals surface area contributed by atoms with Crippen LogP contribution in [-0.2, 0) is 11.0 Å². The molecule has 2 aliphatic heterocycles. The summed E-state index contributed by atoms with van der Waals surface area (Å²) >= 11 is 6.32. The summed E-state index contributed by atoms with van der Waals surface area (Å²) in [5.41, 5.74) is -1.13. The second kappa shape index (κ2) is 9.13. The number of likely N-dealkylation sites (tertiary alicyclic amines) is 1. The number of rotatable bonds is 3. The lowest BCUT2D eigenvalue weighted by Gasteiger charge is -2.36. The van der Waals surface area contributed by atoms with E-state index in [0.717, 1.165) is 42.7 Å². The van der Waals surface area contributed by atoms with Crippen molar-refractivity contribution in [2.45, 2.75) is 38.3 Å². The van der Waals surface area contributed by atoms with Crippen LogP contribution in [0.4, 0.5) is 18.9 Å². The summed E-state index contributed by atoms with van der Waals surface area (Å²) in [4.78, 5) is 29.4. The molecule has 0 N–H and O–H groups in total. The fourth-order valence-electron chi connectivity index (χ4n) is 4.38. The number of carbonyl (C=O) groups is 1. The predicted octanol–water partition coefficient (Wildman–Crippen LogP) is 4.13. The zero-order valence-corrected chi connectivity index (χ0v) is 18.2. The maximum Gasteiger partial charge on any atom is 0.416 e. The second-order valence-corrected chi connectivity index (χ2v) is 8.63. The molecule has 0 saturated carbocycles. The Morgan fingerprint density at radius 3 is 2.41 bits per heavy atom. The van der Waals surface area contributed by atoms with Crippen molar-refractivity contribution in [3.8, 4) is 5.69 Å². The molecule has 1 amide bonds. The fraction of sp³-hybridized carbons (Fsp3) is 0.500. The van der Waals surface area contributed by atoms with Crippen LogP contribution < -0.4 is 10.5 Å². The molecule has 32 heavy (non-hydrogen) atoms. The molecule has 0 aliphatic carbocycles. The highest BCUT2D eigenvalue weighted by molar-refractivity contribution is 6.33. The monoisotopic (exact) mass is 468 g/mol. The van der Waals surface area contributed by atoms with Crippen molar-refractivity contribution in [2.24, 2.45) is 5.92 Å². The minimum absolute atomic E-state index is 0.0101. The third-order valence-electron chi connectivity index (χ3n) is 6.17. The number of aromatic nitrogens is 2. The van der Waals surface area contributed by atoms with E-state index >= 15 is 0 Å².